The number of amides is 1. The lowest BCUT2D eigenvalue weighted by molar-refractivity contribution is -0.00494. The monoisotopic (exact) mass is 327 g/mol. The molecule has 0 spiro atoms. The highest BCUT2D eigenvalue weighted by Gasteiger charge is 2.08. The van der Waals surface area contributed by atoms with Gasteiger partial charge in [0.2, 0.25) is 0 Å². The summed E-state index contributed by atoms with van der Waals surface area (Å²) in [6.07, 6.45) is -1.37. The predicted octanol–water partition coefficient (Wildman–Crippen LogP) is 0.953. The molecular weight excluding hydrogens is 302 g/mol. The van der Waals surface area contributed by atoms with Crippen molar-refractivity contribution < 1.29 is 28.8 Å². The van der Waals surface area contributed by atoms with Crippen LogP contribution in [0.1, 0.15) is 5.56 Å². The maximum Gasteiger partial charge on any atom is 0.407 e. The normalized spacial score (nSPS) is 11.9. The lowest BCUT2D eigenvalue weighted by atomic mass is 10.2. The Morgan fingerprint density at radius 3 is 2.57 bits per heavy atom. The second-order valence-corrected chi connectivity index (χ2v) is 4.78. The van der Waals surface area contributed by atoms with Gasteiger partial charge in [-0.3, -0.25) is 0 Å². The molecule has 2 N–H and O–H groups in total. The third kappa shape index (κ3) is 10.6. The van der Waals surface area contributed by atoms with Gasteiger partial charge < -0.3 is 29.4 Å². The number of methoxy groups -OCH3 is 1. The van der Waals surface area contributed by atoms with E-state index in [0.29, 0.717) is 26.4 Å². The third-order valence-electron chi connectivity index (χ3n) is 2.81. The zero-order valence-corrected chi connectivity index (χ0v) is 13.4. The first-order valence-electron chi connectivity index (χ1n) is 7.49. The first-order chi connectivity index (χ1) is 11.2. The molecule has 0 aromatic heterocycles. The third-order valence-corrected chi connectivity index (χ3v) is 2.81. The van der Waals surface area contributed by atoms with Crippen LogP contribution < -0.4 is 5.32 Å². The summed E-state index contributed by atoms with van der Waals surface area (Å²) in [5, 5.41) is 12.2. The van der Waals surface area contributed by atoms with E-state index in [1.165, 1.54) is 0 Å². The van der Waals surface area contributed by atoms with Crippen LogP contribution in [0.15, 0.2) is 30.3 Å². The lowest BCUT2D eigenvalue weighted by Crippen LogP contribution is -2.35. The van der Waals surface area contributed by atoms with Gasteiger partial charge in [0, 0.05) is 13.7 Å². The van der Waals surface area contributed by atoms with Crippen molar-refractivity contribution >= 4 is 6.09 Å². The van der Waals surface area contributed by atoms with Gasteiger partial charge in [0.1, 0.15) is 6.61 Å². The first kappa shape index (κ1) is 19.4. The van der Waals surface area contributed by atoms with Crippen molar-refractivity contribution in [2.45, 2.75) is 12.7 Å². The average Bonchev–Trinajstić information content (AvgIpc) is 2.58. The quantitative estimate of drug-likeness (QED) is 0.556. The highest BCUT2D eigenvalue weighted by molar-refractivity contribution is 5.67. The topological polar surface area (TPSA) is 86.3 Å². The molecule has 0 aliphatic rings. The van der Waals surface area contributed by atoms with Crippen LogP contribution in [0.3, 0.4) is 0 Å². The Labute approximate surface area is 136 Å². The van der Waals surface area contributed by atoms with E-state index in [1.54, 1.807) is 7.11 Å². The second-order valence-electron chi connectivity index (χ2n) is 4.78. The number of benzene rings is 1. The Morgan fingerprint density at radius 2 is 1.83 bits per heavy atom. The maximum absolute atomic E-state index is 11.5. The van der Waals surface area contributed by atoms with Gasteiger partial charge in [-0.15, -0.1) is 0 Å². The molecule has 0 saturated carbocycles. The molecule has 1 amide bonds. The van der Waals surface area contributed by atoms with E-state index in [1.807, 2.05) is 30.3 Å². The van der Waals surface area contributed by atoms with Crippen LogP contribution in [0.4, 0.5) is 4.79 Å². The van der Waals surface area contributed by atoms with Gasteiger partial charge >= 0.3 is 6.09 Å². The zero-order chi connectivity index (χ0) is 16.8. The van der Waals surface area contributed by atoms with Gasteiger partial charge in [0.15, 0.2) is 0 Å². The molecule has 1 atom stereocenters. The maximum atomic E-state index is 11.5. The number of nitrogens with one attached hydrogen (secondary N) is 1. The minimum atomic E-state index is -0.793. The van der Waals surface area contributed by atoms with Gasteiger partial charge in [0.25, 0.3) is 0 Å². The molecule has 0 heterocycles. The average molecular weight is 327 g/mol. The van der Waals surface area contributed by atoms with Crippen LogP contribution in [0, 0.1) is 0 Å². The van der Waals surface area contributed by atoms with Gasteiger partial charge in [-0.1, -0.05) is 30.3 Å². The minimum Gasteiger partial charge on any atom is -0.445 e. The smallest absolute Gasteiger partial charge is 0.407 e. The van der Waals surface area contributed by atoms with E-state index >= 15 is 0 Å². The fourth-order valence-corrected chi connectivity index (χ4v) is 1.62. The molecule has 0 aliphatic heterocycles. The second kappa shape index (κ2) is 12.8. The van der Waals surface area contributed by atoms with E-state index in [-0.39, 0.29) is 19.8 Å². The van der Waals surface area contributed by atoms with Gasteiger partial charge in [-0.2, -0.15) is 0 Å². The van der Waals surface area contributed by atoms with E-state index in [2.05, 4.69) is 5.32 Å². The number of alkyl carbamates (subject to hydrolysis) is 1. The number of aliphatic hydroxyl groups excluding tert-OH is 1. The van der Waals surface area contributed by atoms with Crippen LogP contribution in [0.25, 0.3) is 0 Å². The summed E-state index contributed by atoms with van der Waals surface area (Å²) in [6, 6.07) is 9.37. The molecule has 1 aromatic rings. The van der Waals surface area contributed by atoms with Crippen molar-refractivity contribution in [2.75, 3.05) is 46.7 Å². The van der Waals surface area contributed by atoms with Crippen molar-refractivity contribution in [2.24, 2.45) is 0 Å². The molecule has 0 aliphatic carbocycles. The molecule has 0 radical (unpaired) electrons. The fourth-order valence-electron chi connectivity index (χ4n) is 1.62. The zero-order valence-electron chi connectivity index (χ0n) is 13.4. The molecule has 1 unspecified atom stereocenters. The number of hydrogen-bond acceptors (Lipinski definition) is 6. The summed E-state index contributed by atoms with van der Waals surface area (Å²) >= 11 is 0. The van der Waals surface area contributed by atoms with Gasteiger partial charge in [0.05, 0.1) is 39.1 Å². The van der Waals surface area contributed by atoms with Crippen molar-refractivity contribution in [1.29, 1.82) is 0 Å². The minimum absolute atomic E-state index is 0.0676. The number of carbonyl (C=O) groups is 1. The molecule has 0 fully saturated rings. The van der Waals surface area contributed by atoms with Crippen LogP contribution in [-0.4, -0.2) is 64.0 Å². The molecule has 7 nitrogen and oxygen atoms in total. The predicted molar refractivity (Wildman–Crippen MR) is 84.2 cm³/mol. The lowest BCUT2D eigenvalue weighted by Gasteiger charge is -2.12. The summed E-state index contributed by atoms with van der Waals surface area (Å²) in [4.78, 5) is 11.5. The Morgan fingerprint density at radius 1 is 1.13 bits per heavy atom. The van der Waals surface area contributed by atoms with Crippen LogP contribution >= 0.6 is 0 Å². The Kier molecular flexibility index (Phi) is 10.8. The van der Waals surface area contributed by atoms with Crippen molar-refractivity contribution in [3.63, 3.8) is 0 Å². The summed E-state index contributed by atoms with van der Waals surface area (Å²) < 4.78 is 20.3. The molecule has 0 bridgehead atoms. The van der Waals surface area contributed by atoms with E-state index < -0.39 is 12.2 Å². The highest BCUT2D eigenvalue weighted by Crippen LogP contribution is 2.00. The first-order valence-corrected chi connectivity index (χ1v) is 7.49. The number of ether oxygens (including phenoxy) is 4. The molecule has 23 heavy (non-hydrogen) atoms. The summed E-state index contributed by atoms with van der Waals surface area (Å²) in [7, 11) is 1.61. The molecular formula is C16H25NO6. The number of rotatable bonds is 12. The number of carbonyl (C=O) groups excluding carboxylic acids is 1. The SMILES string of the molecule is COCCOCCOCC(O)CNC(=O)OCc1ccccc1. The number of hydrogen-bond donors (Lipinski definition) is 2. The van der Waals surface area contributed by atoms with Crippen LogP contribution in [-0.2, 0) is 25.6 Å². The van der Waals surface area contributed by atoms with Crippen LogP contribution in [0.2, 0.25) is 0 Å². The fraction of sp³-hybridized carbons (Fsp3) is 0.562. The largest absolute Gasteiger partial charge is 0.445 e. The van der Waals surface area contributed by atoms with Crippen LogP contribution in [0.5, 0.6) is 0 Å². The summed E-state index contributed by atoms with van der Waals surface area (Å²) in [6.45, 7) is 2.24. The Balaban J connectivity index is 1.98. The summed E-state index contributed by atoms with van der Waals surface area (Å²) in [5.74, 6) is 0. The van der Waals surface area contributed by atoms with Crippen molar-refractivity contribution in [1.82, 2.24) is 5.32 Å². The summed E-state index contributed by atoms with van der Waals surface area (Å²) in [5.41, 5.74) is 0.903. The molecule has 130 valence electrons. The molecule has 1 aromatic carbocycles. The van der Waals surface area contributed by atoms with E-state index in [9.17, 15) is 9.90 Å². The van der Waals surface area contributed by atoms with Gasteiger partial charge in [-0.05, 0) is 5.56 Å². The highest BCUT2D eigenvalue weighted by atomic mass is 16.6. The standard InChI is InChI=1S/C16H25NO6/c1-20-7-8-21-9-10-22-13-15(18)11-17-16(19)23-12-14-5-3-2-4-6-14/h2-6,15,18H,7-13H2,1H3,(H,17,19). The van der Waals surface area contributed by atoms with Crippen molar-refractivity contribution in [3.8, 4) is 0 Å². The van der Waals surface area contributed by atoms with E-state index in [4.69, 9.17) is 18.9 Å². The molecule has 7 heteroatoms. The van der Waals surface area contributed by atoms with E-state index in [0.717, 1.165) is 5.56 Å². The van der Waals surface area contributed by atoms with Gasteiger partial charge in [-0.25, -0.2) is 4.79 Å². The Bertz CT molecular complexity index is 414. The Hall–Kier alpha value is -1.67. The number of aliphatic hydroxyl groups is 1. The molecule has 0 saturated heterocycles. The van der Waals surface area contributed by atoms with Crippen molar-refractivity contribution in [3.05, 3.63) is 35.9 Å². The molecule has 1 rings (SSSR count).